The molecule has 15 heavy (non-hydrogen) atoms. The number of nitrogens with zero attached hydrogens (tertiary/aromatic N) is 1. The highest BCUT2D eigenvalue weighted by Gasteiger charge is 2.13. The molecule has 0 bridgehead atoms. The molecule has 0 saturated carbocycles. The molecule has 2 aromatic heterocycles. The first kappa shape index (κ1) is 10.5. The molecule has 2 nitrogen and oxygen atoms in total. The second-order valence-corrected chi connectivity index (χ2v) is 5.54. The predicted molar refractivity (Wildman–Crippen MR) is 63.0 cm³/mol. The Morgan fingerprint density at radius 1 is 1.27 bits per heavy atom. The molecule has 0 amide bonds. The van der Waals surface area contributed by atoms with Crippen molar-refractivity contribution in [2.75, 3.05) is 0 Å². The molecule has 0 aromatic carbocycles. The second-order valence-electron chi connectivity index (χ2n) is 3.07. The number of pyridine rings is 1. The summed E-state index contributed by atoms with van der Waals surface area (Å²) in [6.45, 7) is 0.397. The summed E-state index contributed by atoms with van der Waals surface area (Å²) >= 11 is 4.81. The molecular formula is C11H9BrNOS+. The Morgan fingerprint density at radius 2 is 2.00 bits per heavy atom. The van der Waals surface area contributed by atoms with Gasteiger partial charge < -0.3 is 0 Å². The van der Waals surface area contributed by atoms with Crippen LogP contribution in [-0.2, 0) is 6.54 Å². The van der Waals surface area contributed by atoms with Crippen molar-refractivity contribution in [2.24, 2.45) is 0 Å². The molecule has 2 aromatic rings. The number of aromatic nitrogens is 1. The highest BCUT2D eigenvalue weighted by atomic mass is 79.9. The highest BCUT2D eigenvalue weighted by Crippen LogP contribution is 2.22. The highest BCUT2D eigenvalue weighted by molar-refractivity contribution is 9.11. The molecule has 4 heteroatoms. The monoisotopic (exact) mass is 282 g/mol. The zero-order valence-electron chi connectivity index (χ0n) is 7.89. The van der Waals surface area contributed by atoms with E-state index in [-0.39, 0.29) is 5.78 Å². The smallest absolute Gasteiger partial charge is 0.237 e. The fraction of sp³-hybridized carbons (Fsp3) is 0.0909. The van der Waals surface area contributed by atoms with Crippen LogP contribution in [0.3, 0.4) is 0 Å². The van der Waals surface area contributed by atoms with Gasteiger partial charge in [-0.3, -0.25) is 4.79 Å². The Morgan fingerprint density at radius 3 is 2.60 bits per heavy atom. The van der Waals surface area contributed by atoms with E-state index in [0.717, 1.165) is 8.66 Å². The fourth-order valence-corrected chi connectivity index (χ4v) is 2.56. The van der Waals surface area contributed by atoms with Gasteiger partial charge in [0.25, 0.3) is 0 Å². The minimum atomic E-state index is 0.141. The summed E-state index contributed by atoms with van der Waals surface area (Å²) in [6, 6.07) is 9.51. The molecule has 0 unspecified atom stereocenters. The summed E-state index contributed by atoms with van der Waals surface area (Å²) in [5.41, 5.74) is 0. The van der Waals surface area contributed by atoms with Crippen molar-refractivity contribution >= 4 is 33.0 Å². The number of carbonyl (C=O) groups is 1. The van der Waals surface area contributed by atoms with Crippen molar-refractivity contribution in [3.63, 3.8) is 0 Å². The summed E-state index contributed by atoms with van der Waals surface area (Å²) in [4.78, 5) is 12.6. The number of Topliss-reactive ketones (excluding diaryl/α,β-unsaturated/α-hetero) is 1. The van der Waals surface area contributed by atoms with Gasteiger partial charge in [-0.15, -0.1) is 11.3 Å². The van der Waals surface area contributed by atoms with Gasteiger partial charge in [-0.25, -0.2) is 0 Å². The van der Waals surface area contributed by atoms with Crippen LogP contribution in [0.4, 0.5) is 0 Å². The maximum absolute atomic E-state index is 11.8. The average molecular weight is 283 g/mol. The largest absolute Gasteiger partial charge is 0.286 e. The zero-order chi connectivity index (χ0) is 10.7. The first-order valence-electron chi connectivity index (χ1n) is 4.48. The van der Waals surface area contributed by atoms with Gasteiger partial charge in [-0.2, -0.15) is 4.57 Å². The topological polar surface area (TPSA) is 20.9 Å². The molecule has 0 fully saturated rings. The summed E-state index contributed by atoms with van der Waals surface area (Å²) in [5.74, 6) is 0.141. The van der Waals surface area contributed by atoms with Crippen molar-refractivity contribution in [1.29, 1.82) is 0 Å². The normalized spacial score (nSPS) is 10.2. The zero-order valence-corrected chi connectivity index (χ0v) is 10.3. The minimum absolute atomic E-state index is 0.141. The van der Waals surface area contributed by atoms with Crippen molar-refractivity contribution in [2.45, 2.75) is 6.54 Å². The molecule has 0 N–H and O–H groups in total. The van der Waals surface area contributed by atoms with Crippen LogP contribution in [0.25, 0.3) is 0 Å². The van der Waals surface area contributed by atoms with E-state index >= 15 is 0 Å². The van der Waals surface area contributed by atoms with Crippen molar-refractivity contribution < 1.29 is 9.36 Å². The molecule has 0 aliphatic rings. The van der Waals surface area contributed by atoms with E-state index in [1.807, 2.05) is 47.3 Å². The molecule has 2 rings (SSSR count). The summed E-state index contributed by atoms with van der Waals surface area (Å²) in [5, 5.41) is 0. The van der Waals surface area contributed by atoms with Crippen molar-refractivity contribution in [1.82, 2.24) is 0 Å². The lowest BCUT2D eigenvalue weighted by atomic mass is 10.3. The quantitative estimate of drug-likeness (QED) is 0.626. The SMILES string of the molecule is O=C(C[n+]1ccccc1)c1ccc(Br)s1. The van der Waals surface area contributed by atoms with Crippen LogP contribution in [-0.4, -0.2) is 5.78 Å². The molecule has 0 aliphatic heterocycles. The Balaban J connectivity index is 2.11. The first-order valence-corrected chi connectivity index (χ1v) is 6.09. The summed E-state index contributed by atoms with van der Waals surface area (Å²) < 4.78 is 2.86. The Hall–Kier alpha value is -1.000. The maximum atomic E-state index is 11.8. The lowest BCUT2D eigenvalue weighted by molar-refractivity contribution is -0.683. The molecule has 76 valence electrons. The maximum Gasteiger partial charge on any atom is 0.237 e. The summed E-state index contributed by atoms with van der Waals surface area (Å²) in [6.07, 6.45) is 3.78. The molecule has 2 heterocycles. The van der Waals surface area contributed by atoms with Crippen LogP contribution in [0, 0.1) is 0 Å². The van der Waals surface area contributed by atoms with Gasteiger partial charge in [0, 0.05) is 12.1 Å². The molecule has 0 atom stereocenters. The Bertz CT molecular complexity index is 466. The Labute approximate surface area is 100 Å². The lowest BCUT2D eigenvalue weighted by Gasteiger charge is -1.93. The molecule has 0 saturated heterocycles. The van der Waals surface area contributed by atoms with E-state index in [1.165, 1.54) is 11.3 Å². The van der Waals surface area contributed by atoms with Gasteiger partial charge in [0.15, 0.2) is 12.4 Å². The fourth-order valence-electron chi connectivity index (χ4n) is 1.25. The predicted octanol–water partition coefficient (Wildman–Crippen LogP) is 2.68. The minimum Gasteiger partial charge on any atom is -0.286 e. The van der Waals surface area contributed by atoms with Gasteiger partial charge in [-0.1, -0.05) is 6.07 Å². The van der Waals surface area contributed by atoms with Crippen LogP contribution < -0.4 is 4.57 Å². The third-order valence-corrected chi connectivity index (χ3v) is 3.62. The van der Waals surface area contributed by atoms with E-state index < -0.39 is 0 Å². The van der Waals surface area contributed by atoms with Gasteiger partial charge in [0.2, 0.25) is 12.3 Å². The summed E-state index contributed by atoms with van der Waals surface area (Å²) in [7, 11) is 0. The van der Waals surface area contributed by atoms with Gasteiger partial charge in [0.05, 0.1) is 8.66 Å². The van der Waals surface area contributed by atoms with Crippen LogP contribution in [0.2, 0.25) is 0 Å². The van der Waals surface area contributed by atoms with Crippen molar-refractivity contribution in [3.05, 3.63) is 51.4 Å². The van der Waals surface area contributed by atoms with E-state index in [1.54, 1.807) is 0 Å². The van der Waals surface area contributed by atoms with E-state index in [2.05, 4.69) is 15.9 Å². The van der Waals surface area contributed by atoms with E-state index in [9.17, 15) is 4.79 Å². The number of hydrogen-bond acceptors (Lipinski definition) is 2. The molecule has 0 aliphatic carbocycles. The third kappa shape index (κ3) is 2.73. The van der Waals surface area contributed by atoms with E-state index in [0.29, 0.717) is 6.54 Å². The van der Waals surface area contributed by atoms with Gasteiger partial charge in [0.1, 0.15) is 0 Å². The molecule has 0 spiro atoms. The number of ketones is 1. The number of rotatable bonds is 3. The third-order valence-electron chi connectivity index (χ3n) is 1.95. The first-order chi connectivity index (χ1) is 7.25. The van der Waals surface area contributed by atoms with Gasteiger partial charge in [-0.05, 0) is 28.1 Å². The van der Waals surface area contributed by atoms with E-state index in [4.69, 9.17) is 0 Å². The number of thiophene rings is 1. The number of carbonyl (C=O) groups excluding carboxylic acids is 1. The standard InChI is InChI=1S/C11H9BrNOS/c12-11-5-4-10(15-11)9(14)8-13-6-2-1-3-7-13/h1-7H,8H2/q+1. The van der Waals surface area contributed by atoms with Crippen LogP contribution in [0.1, 0.15) is 9.67 Å². The van der Waals surface area contributed by atoms with Crippen LogP contribution in [0.15, 0.2) is 46.5 Å². The average Bonchev–Trinajstić information content (AvgIpc) is 2.66. The van der Waals surface area contributed by atoms with Crippen LogP contribution >= 0.6 is 27.3 Å². The number of hydrogen-bond donors (Lipinski definition) is 0. The lowest BCUT2D eigenvalue weighted by Crippen LogP contribution is -2.36. The van der Waals surface area contributed by atoms with Crippen LogP contribution in [0.5, 0.6) is 0 Å². The second kappa shape index (κ2) is 4.68. The van der Waals surface area contributed by atoms with Gasteiger partial charge >= 0.3 is 0 Å². The number of halogens is 1. The molecular weight excluding hydrogens is 274 g/mol. The Kier molecular flexibility index (Phi) is 3.28. The molecule has 0 radical (unpaired) electrons. The van der Waals surface area contributed by atoms with Crippen molar-refractivity contribution in [3.8, 4) is 0 Å².